The van der Waals surface area contributed by atoms with Crippen molar-refractivity contribution < 1.29 is 13.2 Å². The van der Waals surface area contributed by atoms with Gasteiger partial charge in [-0.05, 0) is 27.1 Å². The number of halogens is 3. The minimum Gasteiger partial charge on any atom is -0.203 e. The van der Waals surface area contributed by atoms with Crippen molar-refractivity contribution in [3.8, 4) is 11.1 Å². The fraction of sp³-hybridized carbons (Fsp3) is 0. The molecule has 0 atom stereocenters. The fourth-order valence-electron chi connectivity index (χ4n) is 3.53. The van der Waals surface area contributed by atoms with Gasteiger partial charge in [-0.25, -0.2) is 13.2 Å². The summed E-state index contributed by atoms with van der Waals surface area (Å²) in [5, 5.41) is 4.17. The molecule has 0 heterocycles. The lowest BCUT2D eigenvalue weighted by Crippen LogP contribution is -1.95. The number of fused-ring (bicyclic) bond motifs is 1. The third-order valence-corrected chi connectivity index (χ3v) is 4.39. The zero-order chi connectivity index (χ0) is 14.3. The Labute approximate surface area is 117 Å². The summed E-state index contributed by atoms with van der Waals surface area (Å²) in [4.78, 5) is 0. The van der Waals surface area contributed by atoms with E-state index in [0.29, 0.717) is 10.9 Å². The van der Waals surface area contributed by atoms with Crippen molar-refractivity contribution in [2.45, 2.75) is 0 Å². The van der Waals surface area contributed by atoms with Crippen molar-refractivity contribution in [2.75, 3.05) is 0 Å². The lowest BCUT2D eigenvalue weighted by molar-refractivity contribution is 0.455. The molecule has 0 aromatic heterocycles. The third kappa shape index (κ3) is 1.10. The summed E-state index contributed by atoms with van der Waals surface area (Å²) >= 11 is 0. The van der Waals surface area contributed by atoms with Crippen LogP contribution >= 0.6 is 0 Å². The van der Waals surface area contributed by atoms with E-state index in [1.54, 1.807) is 12.1 Å². The van der Waals surface area contributed by atoms with Gasteiger partial charge in [0.25, 0.3) is 0 Å². The van der Waals surface area contributed by atoms with Crippen LogP contribution in [-0.4, -0.2) is 0 Å². The van der Waals surface area contributed by atoms with Crippen LogP contribution in [0.1, 0.15) is 0 Å². The molecular weight excluding hydrogens is 273 g/mol. The second kappa shape index (κ2) is 3.37. The van der Waals surface area contributed by atoms with Crippen LogP contribution in [0.15, 0.2) is 42.5 Å². The van der Waals surface area contributed by atoms with E-state index in [4.69, 9.17) is 0 Å². The van der Waals surface area contributed by atoms with Crippen LogP contribution < -0.4 is 0 Å². The van der Waals surface area contributed by atoms with Crippen molar-refractivity contribution in [2.24, 2.45) is 0 Å². The van der Waals surface area contributed by atoms with Crippen LogP contribution in [0.25, 0.3) is 43.4 Å². The van der Waals surface area contributed by atoms with Gasteiger partial charge in [0, 0.05) is 16.3 Å². The minimum absolute atomic E-state index is 0.139. The Morgan fingerprint density at radius 3 is 2.10 bits per heavy atom. The van der Waals surface area contributed by atoms with Crippen molar-refractivity contribution in [1.29, 1.82) is 0 Å². The lowest BCUT2D eigenvalue weighted by atomic mass is 10.00. The number of hydrogen-bond donors (Lipinski definition) is 0. The highest BCUT2D eigenvalue weighted by Gasteiger charge is 2.28. The van der Waals surface area contributed by atoms with E-state index < -0.39 is 17.5 Å². The van der Waals surface area contributed by atoms with Gasteiger partial charge in [-0.1, -0.05) is 42.5 Å². The first-order valence-electron chi connectivity index (χ1n) is 6.63. The van der Waals surface area contributed by atoms with Gasteiger partial charge in [0.15, 0.2) is 17.5 Å². The minimum atomic E-state index is -1.40. The summed E-state index contributed by atoms with van der Waals surface area (Å²) in [5.41, 5.74) is 0.821. The topological polar surface area (TPSA) is 0 Å². The molecule has 3 heteroatoms. The van der Waals surface area contributed by atoms with Gasteiger partial charge in [-0.15, -0.1) is 0 Å². The largest absolute Gasteiger partial charge is 0.203 e. The molecule has 4 aromatic rings. The lowest BCUT2D eigenvalue weighted by Gasteiger charge is -2.07. The van der Waals surface area contributed by atoms with Gasteiger partial charge in [-0.3, -0.25) is 0 Å². The van der Waals surface area contributed by atoms with Crippen molar-refractivity contribution in [1.82, 2.24) is 0 Å². The van der Waals surface area contributed by atoms with Crippen LogP contribution in [0.5, 0.6) is 0 Å². The summed E-state index contributed by atoms with van der Waals surface area (Å²) in [6.07, 6.45) is 0. The quantitative estimate of drug-likeness (QED) is 0.258. The van der Waals surface area contributed by atoms with Crippen LogP contribution in [0.4, 0.5) is 13.2 Å². The van der Waals surface area contributed by atoms with Crippen LogP contribution in [0.3, 0.4) is 0 Å². The van der Waals surface area contributed by atoms with Gasteiger partial charge in [0.1, 0.15) is 0 Å². The number of hydrogen-bond acceptors (Lipinski definition) is 0. The Morgan fingerprint density at radius 2 is 1.29 bits per heavy atom. The molecule has 0 saturated heterocycles. The summed E-state index contributed by atoms with van der Waals surface area (Å²) in [7, 11) is 0. The Bertz CT molecular complexity index is 1110. The summed E-state index contributed by atoms with van der Waals surface area (Å²) in [6, 6.07) is 12.6. The third-order valence-electron chi connectivity index (χ3n) is 4.39. The normalized spacial score (nSPS) is 12.5. The highest BCUT2D eigenvalue weighted by atomic mass is 19.2. The maximum Gasteiger partial charge on any atom is 0.195 e. The Hall–Kier alpha value is -2.55. The molecule has 0 saturated carbocycles. The highest BCUT2D eigenvalue weighted by Crippen LogP contribution is 2.49. The number of rotatable bonds is 0. The van der Waals surface area contributed by atoms with E-state index in [2.05, 4.69) is 0 Å². The van der Waals surface area contributed by atoms with Gasteiger partial charge >= 0.3 is 0 Å². The molecule has 0 aliphatic heterocycles. The first kappa shape index (κ1) is 11.1. The van der Waals surface area contributed by atoms with Crippen molar-refractivity contribution >= 4 is 32.3 Å². The molecule has 100 valence electrons. The molecular formula is C18H7F3. The average molecular weight is 280 g/mol. The van der Waals surface area contributed by atoms with E-state index in [1.807, 2.05) is 24.3 Å². The van der Waals surface area contributed by atoms with Gasteiger partial charge < -0.3 is 0 Å². The molecule has 5 rings (SSSR count). The zero-order valence-electron chi connectivity index (χ0n) is 10.7. The molecule has 4 aromatic carbocycles. The molecule has 0 nitrogen and oxygen atoms in total. The fourth-order valence-corrected chi connectivity index (χ4v) is 3.53. The summed E-state index contributed by atoms with van der Waals surface area (Å²) < 4.78 is 42.3. The second-order valence-corrected chi connectivity index (χ2v) is 5.37. The Kier molecular flexibility index (Phi) is 1.79. The smallest absolute Gasteiger partial charge is 0.195 e. The Morgan fingerprint density at radius 1 is 0.571 bits per heavy atom. The monoisotopic (exact) mass is 280 g/mol. The predicted octanol–water partition coefficient (Wildman–Crippen LogP) is 5.54. The molecule has 0 amide bonds. The molecule has 1 aliphatic rings. The standard InChI is InChI=1S/C18H7F3/c19-16-11-7-6-9-5-4-8-2-1-3-10-12(8)13(9)14(11)15(10)17(20)18(16)21/h1-7H. The first-order chi connectivity index (χ1) is 10.2. The molecule has 0 fully saturated rings. The van der Waals surface area contributed by atoms with Gasteiger partial charge in [-0.2, -0.15) is 0 Å². The maximum atomic E-state index is 14.4. The van der Waals surface area contributed by atoms with E-state index >= 15 is 0 Å². The number of benzene rings is 4. The van der Waals surface area contributed by atoms with E-state index in [9.17, 15) is 13.2 Å². The van der Waals surface area contributed by atoms with Gasteiger partial charge in [0.05, 0.1) is 0 Å². The van der Waals surface area contributed by atoms with E-state index in [-0.39, 0.29) is 10.9 Å². The average Bonchev–Trinajstić information content (AvgIpc) is 2.86. The van der Waals surface area contributed by atoms with Crippen LogP contribution in [-0.2, 0) is 0 Å². The summed E-state index contributed by atoms with van der Waals surface area (Å²) in [5.74, 6) is -3.61. The SMILES string of the molecule is Fc1c(F)c2c3c(ccc4ccc5cccc-2c5c43)c1F. The molecule has 0 bridgehead atoms. The molecule has 0 radical (unpaired) electrons. The first-order valence-corrected chi connectivity index (χ1v) is 6.63. The zero-order valence-corrected chi connectivity index (χ0v) is 10.7. The highest BCUT2D eigenvalue weighted by molar-refractivity contribution is 6.32. The van der Waals surface area contributed by atoms with E-state index in [0.717, 1.165) is 21.5 Å². The molecule has 21 heavy (non-hydrogen) atoms. The second-order valence-electron chi connectivity index (χ2n) is 5.37. The van der Waals surface area contributed by atoms with Crippen molar-refractivity contribution in [3.05, 3.63) is 59.9 Å². The molecule has 1 aliphatic carbocycles. The van der Waals surface area contributed by atoms with Gasteiger partial charge in [0.2, 0.25) is 0 Å². The van der Waals surface area contributed by atoms with E-state index in [1.165, 1.54) is 6.07 Å². The van der Waals surface area contributed by atoms with Crippen LogP contribution in [0, 0.1) is 17.5 Å². The summed E-state index contributed by atoms with van der Waals surface area (Å²) in [6.45, 7) is 0. The maximum absolute atomic E-state index is 14.4. The molecule has 0 unspecified atom stereocenters. The van der Waals surface area contributed by atoms with Crippen molar-refractivity contribution in [3.63, 3.8) is 0 Å². The Balaban J connectivity index is 2.27. The van der Waals surface area contributed by atoms with Crippen LogP contribution in [0.2, 0.25) is 0 Å². The predicted molar refractivity (Wildman–Crippen MR) is 77.8 cm³/mol. The molecule has 0 N–H and O–H groups in total. The molecule has 0 spiro atoms.